The van der Waals surface area contributed by atoms with Gasteiger partial charge < -0.3 is 15.2 Å². The number of hydrogen-bond donors (Lipinski definition) is 2. The molecule has 0 aliphatic heterocycles. The summed E-state index contributed by atoms with van der Waals surface area (Å²) in [4.78, 5) is 0. The minimum atomic E-state index is 0.0934. The normalized spacial score (nSPS) is 14.6. The van der Waals surface area contributed by atoms with Crippen LogP contribution < -0.4 is 10.1 Å². The van der Waals surface area contributed by atoms with Gasteiger partial charge >= 0.3 is 0 Å². The van der Waals surface area contributed by atoms with E-state index in [1.54, 1.807) is 7.11 Å². The van der Waals surface area contributed by atoms with Crippen molar-refractivity contribution in [3.05, 3.63) is 28.2 Å². The van der Waals surface area contributed by atoms with Gasteiger partial charge in [-0.2, -0.15) is 0 Å². The molecule has 0 aliphatic carbocycles. The Morgan fingerprint density at radius 1 is 1.44 bits per heavy atom. The van der Waals surface area contributed by atoms with Crippen LogP contribution in [0.1, 0.15) is 25.5 Å². The number of ether oxygens (including phenoxy) is 1. The van der Waals surface area contributed by atoms with Gasteiger partial charge in [0.25, 0.3) is 0 Å². The van der Waals surface area contributed by atoms with Crippen molar-refractivity contribution in [1.29, 1.82) is 0 Å². The maximum Gasteiger partial charge on any atom is 0.133 e. The molecule has 2 atom stereocenters. The zero-order valence-corrected chi connectivity index (χ0v) is 11.4. The van der Waals surface area contributed by atoms with Crippen molar-refractivity contribution >= 4 is 15.9 Å². The lowest BCUT2D eigenvalue weighted by molar-refractivity contribution is 0.243. The standard InChI is InChI=1S/C12H18BrNO2/c1-8(7-15)14-9(2)10-4-5-12(16-3)11(13)6-10/h4-6,8-9,14-15H,7H2,1-3H3. The molecule has 0 fully saturated rings. The van der Waals surface area contributed by atoms with Crippen LogP contribution in [0.4, 0.5) is 0 Å². The topological polar surface area (TPSA) is 41.5 Å². The van der Waals surface area contributed by atoms with Gasteiger partial charge in [0.15, 0.2) is 0 Å². The third-order valence-electron chi connectivity index (χ3n) is 2.48. The molecule has 0 spiro atoms. The largest absolute Gasteiger partial charge is 0.496 e. The molecule has 2 unspecified atom stereocenters. The Kier molecular flexibility index (Phi) is 5.25. The van der Waals surface area contributed by atoms with E-state index in [4.69, 9.17) is 9.84 Å². The van der Waals surface area contributed by atoms with Crippen molar-refractivity contribution in [3.8, 4) is 5.75 Å². The third kappa shape index (κ3) is 3.47. The van der Waals surface area contributed by atoms with Crippen LogP contribution in [0.3, 0.4) is 0 Å². The second-order valence-corrected chi connectivity index (χ2v) is 4.72. The van der Waals surface area contributed by atoms with Crippen LogP contribution in [0.5, 0.6) is 5.75 Å². The van der Waals surface area contributed by atoms with Gasteiger partial charge in [0.1, 0.15) is 5.75 Å². The van der Waals surface area contributed by atoms with Crippen LogP contribution in [0.25, 0.3) is 0 Å². The van der Waals surface area contributed by atoms with E-state index in [9.17, 15) is 0 Å². The first-order valence-electron chi connectivity index (χ1n) is 5.28. The van der Waals surface area contributed by atoms with Gasteiger partial charge in [0.05, 0.1) is 18.2 Å². The van der Waals surface area contributed by atoms with Crippen LogP contribution in [-0.2, 0) is 0 Å². The number of methoxy groups -OCH3 is 1. The average molecular weight is 288 g/mol. The Morgan fingerprint density at radius 2 is 2.12 bits per heavy atom. The minimum Gasteiger partial charge on any atom is -0.496 e. The first-order valence-corrected chi connectivity index (χ1v) is 6.08. The molecule has 0 aliphatic rings. The molecule has 0 radical (unpaired) electrons. The quantitative estimate of drug-likeness (QED) is 0.874. The summed E-state index contributed by atoms with van der Waals surface area (Å²) in [6.45, 7) is 4.16. The predicted octanol–water partition coefficient (Wildman–Crippen LogP) is 2.49. The number of halogens is 1. The summed E-state index contributed by atoms with van der Waals surface area (Å²) in [6.07, 6.45) is 0. The monoisotopic (exact) mass is 287 g/mol. The Labute approximate surface area is 105 Å². The van der Waals surface area contributed by atoms with Gasteiger partial charge in [-0.3, -0.25) is 0 Å². The molecule has 1 aromatic rings. The highest BCUT2D eigenvalue weighted by molar-refractivity contribution is 9.10. The van der Waals surface area contributed by atoms with Crippen LogP contribution in [0, 0.1) is 0 Å². The Balaban J connectivity index is 2.76. The maximum absolute atomic E-state index is 8.98. The zero-order chi connectivity index (χ0) is 12.1. The molecule has 16 heavy (non-hydrogen) atoms. The van der Waals surface area contributed by atoms with E-state index in [1.165, 1.54) is 0 Å². The van der Waals surface area contributed by atoms with Crippen molar-refractivity contribution in [3.63, 3.8) is 0 Å². The van der Waals surface area contributed by atoms with Gasteiger partial charge in [-0.05, 0) is 47.5 Å². The van der Waals surface area contributed by atoms with Gasteiger partial charge in [-0.15, -0.1) is 0 Å². The van der Waals surface area contributed by atoms with E-state index in [1.807, 2.05) is 25.1 Å². The fourth-order valence-electron chi connectivity index (χ4n) is 1.53. The SMILES string of the molecule is COc1ccc(C(C)NC(C)CO)cc1Br. The number of benzene rings is 1. The van der Waals surface area contributed by atoms with Crippen molar-refractivity contribution in [1.82, 2.24) is 5.32 Å². The van der Waals surface area contributed by atoms with Crippen LogP contribution in [-0.4, -0.2) is 24.9 Å². The number of rotatable bonds is 5. The summed E-state index contributed by atoms with van der Waals surface area (Å²) in [6, 6.07) is 6.27. The molecule has 1 aromatic carbocycles. The third-order valence-corrected chi connectivity index (χ3v) is 3.10. The van der Waals surface area contributed by atoms with E-state index in [-0.39, 0.29) is 18.7 Å². The highest BCUT2D eigenvalue weighted by Gasteiger charge is 2.10. The molecule has 3 nitrogen and oxygen atoms in total. The van der Waals surface area contributed by atoms with Crippen LogP contribution in [0.15, 0.2) is 22.7 Å². The number of aliphatic hydroxyl groups is 1. The predicted molar refractivity (Wildman–Crippen MR) is 68.8 cm³/mol. The average Bonchev–Trinajstić information content (AvgIpc) is 2.28. The maximum atomic E-state index is 8.98. The van der Waals surface area contributed by atoms with E-state index >= 15 is 0 Å². The number of nitrogens with one attached hydrogen (secondary N) is 1. The lowest BCUT2D eigenvalue weighted by Gasteiger charge is -2.19. The lowest BCUT2D eigenvalue weighted by atomic mass is 10.1. The van der Waals surface area contributed by atoms with Gasteiger partial charge in [0.2, 0.25) is 0 Å². The number of hydrogen-bond acceptors (Lipinski definition) is 3. The molecule has 4 heteroatoms. The van der Waals surface area contributed by atoms with Crippen LogP contribution >= 0.6 is 15.9 Å². The summed E-state index contributed by atoms with van der Waals surface area (Å²) < 4.78 is 6.12. The van der Waals surface area contributed by atoms with E-state index in [2.05, 4.69) is 28.2 Å². The van der Waals surface area contributed by atoms with Gasteiger partial charge in [0, 0.05) is 12.1 Å². The lowest BCUT2D eigenvalue weighted by Crippen LogP contribution is -2.31. The summed E-state index contributed by atoms with van der Waals surface area (Å²) in [5, 5.41) is 12.3. The van der Waals surface area contributed by atoms with Crippen molar-refractivity contribution in [2.24, 2.45) is 0 Å². The Hall–Kier alpha value is -0.580. The Morgan fingerprint density at radius 3 is 2.62 bits per heavy atom. The number of aliphatic hydroxyl groups excluding tert-OH is 1. The molecular weight excluding hydrogens is 270 g/mol. The molecule has 2 N–H and O–H groups in total. The summed E-state index contributed by atoms with van der Waals surface area (Å²) in [7, 11) is 1.65. The molecule has 1 rings (SSSR count). The highest BCUT2D eigenvalue weighted by Crippen LogP contribution is 2.28. The fourth-order valence-corrected chi connectivity index (χ4v) is 2.09. The minimum absolute atomic E-state index is 0.0934. The van der Waals surface area contributed by atoms with E-state index in [0.29, 0.717) is 0 Å². The second kappa shape index (κ2) is 6.23. The van der Waals surface area contributed by atoms with Crippen LogP contribution in [0.2, 0.25) is 0 Å². The Bertz CT molecular complexity index is 344. The molecule has 0 aromatic heterocycles. The summed E-state index contributed by atoms with van der Waals surface area (Å²) in [5.41, 5.74) is 1.16. The molecule has 90 valence electrons. The smallest absolute Gasteiger partial charge is 0.133 e. The summed E-state index contributed by atoms with van der Waals surface area (Å²) in [5.74, 6) is 0.825. The molecule has 0 saturated heterocycles. The zero-order valence-electron chi connectivity index (χ0n) is 9.83. The van der Waals surface area contributed by atoms with Gasteiger partial charge in [-0.25, -0.2) is 0 Å². The molecular formula is C12H18BrNO2. The van der Waals surface area contributed by atoms with Crippen molar-refractivity contribution < 1.29 is 9.84 Å². The first-order chi connectivity index (χ1) is 7.58. The molecule has 0 saturated carbocycles. The fraction of sp³-hybridized carbons (Fsp3) is 0.500. The second-order valence-electron chi connectivity index (χ2n) is 3.87. The molecule has 0 heterocycles. The van der Waals surface area contributed by atoms with Gasteiger partial charge in [-0.1, -0.05) is 6.07 Å². The molecule has 0 amide bonds. The summed E-state index contributed by atoms with van der Waals surface area (Å²) >= 11 is 3.46. The van der Waals surface area contributed by atoms with E-state index in [0.717, 1.165) is 15.8 Å². The first kappa shape index (κ1) is 13.5. The highest BCUT2D eigenvalue weighted by atomic mass is 79.9. The van der Waals surface area contributed by atoms with Crippen molar-refractivity contribution in [2.45, 2.75) is 25.9 Å². The molecule has 0 bridgehead atoms. The van der Waals surface area contributed by atoms with E-state index < -0.39 is 0 Å². The van der Waals surface area contributed by atoms with Crippen molar-refractivity contribution in [2.75, 3.05) is 13.7 Å².